The number of pyridine rings is 1. The molecule has 0 spiro atoms. The number of hydrogen-bond donors (Lipinski definition) is 1. The first kappa shape index (κ1) is 13.0. The summed E-state index contributed by atoms with van der Waals surface area (Å²) < 4.78 is 5.49. The average molecular weight is 248 g/mol. The van der Waals surface area contributed by atoms with E-state index in [1.54, 1.807) is 13.1 Å². The Kier molecular flexibility index (Phi) is 4.31. The standard InChI is InChI=1S/C14H20N2O2/c1-10(13-4-3-7-18-9-13)16-14-6-5-12(8-15-14)11(2)17/h5-6,8,10,13H,3-4,7,9H2,1-2H3,(H,15,16). The molecule has 0 aliphatic carbocycles. The van der Waals surface area contributed by atoms with Gasteiger partial charge in [0.25, 0.3) is 0 Å². The van der Waals surface area contributed by atoms with E-state index in [0.717, 1.165) is 25.5 Å². The Labute approximate surface area is 108 Å². The van der Waals surface area contributed by atoms with Crippen LogP contribution >= 0.6 is 0 Å². The van der Waals surface area contributed by atoms with Crippen molar-refractivity contribution < 1.29 is 9.53 Å². The summed E-state index contributed by atoms with van der Waals surface area (Å²) in [6.45, 7) is 5.40. The number of aromatic nitrogens is 1. The normalized spacial score (nSPS) is 21.3. The van der Waals surface area contributed by atoms with Gasteiger partial charge in [0.1, 0.15) is 5.82 Å². The Morgan fingerprint density at radius 3 is 2.94 bits per heavy atom. The van der Waals surface area contributed by atoms with E-state index >= 15 is 0 Å². The van der Waals surface area contributed by atoms with E-state index in [1.807, 2.05) is 12.1 Å². The van der Waals surface area contributed by atoms with Gasteiger partial charge in [0.05, 0.1) is 6.61 Å². The summed E-state index contributed by atoms with van der Waals surface area (Å²) in [6, 6.07) is 4.00. The summed E-state index contributed by atoms with van der Waals surface area (Å²) >= 11 is 0. The lowest BCUT2D eigenvalue weighted by Gasteiger charge is -2.28. The molecule has 2 heterocycles. The fourth-order valence-corrected chi connectivity index (χ4v) is 2.20. The van der Waals surface area contributed by atoms with Crippen LogP contribution in [0.2, 0.25) is 0 Å². The molecule has 1 saturated heterocycles. The maximum absolute atomic E-state index is 11.1. The van der Waals surface area contributed by atoms with Gasteiger partial charge in [-0.05, 0) is 38.8 Å². The van der Waals surface area contributed by atoms with Crippen LogP contribution in [0.4, 0.5) is 5.82 Å². The molecule has 4 heteroatoms. The molecule has 2 rings (SSSR count). The highest BCUT2D eigenvalue weighted by atomic mass is 16.5. The Balaban J connectivity index is 1.93. The number of Topliss-reactive ketones (excluding diaryl/α,β-unsaturated/α-hetero) is 1. The van der Waals surface area contributed by atoms with Crippen molar-refractivity contribution in [3.05, 3.63) is 23.9 Å². The molecule has 1 aliphatic rings. The van der Waals surface area contributed by atoms with Gasteiger partial charge in [-0.15, -0.1) is 0 Å². The molecule has 0 aromatic carbocycles. The molecule has 0 amide bonds. The fraction of sp³-hybridized carbons (Fsp3) is 0.571. The van der Waals surface area contributed by atoms with Crippen LogP contribution in [0.25, 0.3) is 0 Å². The summed E-state index contributed by atoms with van der Waals surface area (Å²) in [5, 5.41) is 3.38. The summed E-state index contributed by atoms with van der Waals surface area (Å²) in [6.07, 6.45) is 3.95. The van der Waals surface area contributed by atoms with Gasteiger partial charge in [0.2, 0.25) is 0 Å². The second-order valence-corrected chi connectivity index (χ2v) is 4.90. The molecular weight excluding hydrogens is 228 g/mol. The molecule has 1 aromatic heterocycles. The van der Waals surface area contributed by atoms with Gasteiger partial charge in [0.15, 0.2) is 5.78 Å². The van der Waals surface area contributed by atoms with Crippen molar-refractivity contribution in [1.29, 1.82) is 0 Å². The molecule has 1 aromatic rings. The summed E-state index contributed by atoms with van der Waals surface area (Å²) in [5.41, 5.74) is 0.647. The van der Waals surface area contributed by atoms with Gasteiger partial charge >= 0.3 is 0 Å². The van der Waals surface area contributed by atoms with Crippen molar-refractivity contribution >= 4 is 11.6 Å². The Hall–Kier alpha value is -1.42. The minimum Gasteiger partial charge on any atom is -0.381 e. The molecule has 1 N–H and O–H groups in total. The van der Waals surface area contributed by atoms with Gasteiger partial charge in [-0.3, -0.25) is 4.79 Å². The Bertz CT molecular complexity index is 397. The molecule has 1 fully saturated rings. The second kappa shape index (κ2) is 5.96. The predicted octanol–water partition coefficient (Wildman–Crippen LogP) is 2.51. The first-order valence-corrected chi connectivity index (χ1v) is 6.48. The van der Waals surface area contributed by atoms with Crippen molar-refractivity contribution in [2.45, 2.75) is 32.7 Å². The summed E-state index contributed by atoms with van der Waals surface area (Å²) in [7, 11) is 0. The van der Waals surface area contributed by atoms with E-state index < -0.39 is 0 Å². The Morgan fingerprint density at radius 1 is 1.56 bits per heavy atom. The topological polar surface area (TPSA) is 51.2 Å². The van der Waals surface area contributed by atoms with Crippen molar-refractivity contribution in [3.63, 3.8) is 0 Å². The molecule has 0 radical (unpaired) electrons. The lowest BCUT2D eigenvalue weighted by atomic mass is 9.95. The van der Waals surface area contributed by atoms with Gasteiger partial charge in [-0.2, -0.15) is 0 Å². The Morgan fingerprint density at radius 2 is 2.39 bits per heavy atom. The third-order valence-electron chi connectivity index (χ3n) is 3.45. The first-order chi connectivity index (χ1) is 8.66. The molecule has 98 valence electrons. The number of carbonyl (C=O) groups is 1. The number of hydrogen-bond acceptors (Lipinski definition) is 4. The molecule has 0 bridgehead atoms. The van der Waals surface area contributed by atoms with Crippen molar-refractivity contribution in [3.8, 4) is 0 Å². The molecule has 4 nitrogen and oxygen atoms in total. The average Bonchev–Trinajstić information content (AvgIpc) is 2.40. The van der Waals surface area contributed by atoms with E-state index in [-0.39, 0.29) is 5.78 Å². The smallest absolute Gasteiger partial charge is 0.161 e. The summed E-state index contributed by atoms with van der Waals surface area (Å²) in [4.78, 5) is 15.4. The molecule has 2 atom stereocenters. The zero-order chi connectivity index (χ0) is 13.0. The van der Waals surface area contributed by atoms with Crippen molar-refractivity contribution in [2.24, 2.45) is 5.92 Å². The van der Waals surface area contributed by atoms with E-state index in [9.17, 15) is 4.79 Å². The van der Waals surface area contributed by atoms with E-state index in [2.05, 4.69) is 17.2 Å². The number of nitrogens with one attached hydrogen (secondary N) is 1. The highest BCUT2D eigenvalue weighted by Gasteiger charge is 2.20. The SMILES string of the molecule is CC(=O)c1ccc(NC(C)C2CCCOC2)nc1. The fourth-order valence-electron chi connectivity index (χ4n) is 2.20. The molecule has 2 unspecified atom stereocenters. The zero-order valence-corrected chi connectivity index (χ0v) is 11.0. The second-order valence-electron chi connectivity index (χ2n) is 4.90. The van der Waals surface area contributed by atoms with Crippen LogP contribution in [0.1, 0.15) is 37.0 Å². The lowest BCUT2D eigenvalue weighted by molar-refractivity contribution is 0.0496. The van der Waals surface area contributed by atoms with E-state index in [4.69, 9.17) is 4.74 Å². The zero-order valence-electron chi connectivity index (χ0n) is 11.0. The predicted molar refractivity (Wildman–Crippen MR) is 70.9 cm³/mol. The lowest BCUT2D eigenvalue weighted by Crippen LogP contribution is -2.32. The minimum atomic E-state index is 0.0442. The van der Waals surface area contributed by atoms with Gasteiger partial charge in [-0.25, -0.2) is 4.98 Å². The number of rotatable bonds is 4. The first-order valence-electron chi connectivity index (χ1n) is 6.48. The number of nitrogens with zero attached hydrogens (tertiary/aromatic N) is 1. The number of ketones is 1. The van der Waals surface area contributed by atoms with Crippen LogP contribution in [0, 0.1) is 5.92 Å². The quantitative estimate of drug-likeness (QED) is 0.832. The van der Waals surface area contributed by atoms with Crippen LogP contribution in [0.5, 0.6) is 0 Å². The molecule has 1 aliphatic heterocycles. The van der Waals surface area contributed by atoms with Crippen LogP contribution in [-0.4, -0.2) is 30.0 Å². The van der Waals surface area contributed by atoms with Crippen LogP contribution in [-0.2, 0) is 4.74 Å². The maximum Gasteiger partial charge on any atom is 0.161 e. The monoisotopic (exact) mass is 248 g/mol. The summed E-state index contributed by atoms with van der Waals surface area (Å²) in [5.74, 6) is 1.40. The van der Waals surface area contributed by atoms with Gasteiger partial charge in [0, 0.05) is 30.3 Å². The van der Waals surface area contributed by atoms with E-state index in [1.165, 1.54) is 6.42 Å². The van der Waals surface area contributed by atoms with Gasteiger partial charge < -0.3 is 10.1 Å². The highest BCUT2D eigenvalue weighted by molar-refractivity contribution is 5.93. The largest absolute Gasteiger partial charge is 0.381 e. The van der Waals surface area contributed by atoms with Crippen LogP contribution in [0.3, 0.4) is 0 Å². The minimum absolute atomic E-state index is 0.0442. The molecular formula is C14H20N2O2. The third kappa shape index (κ3) is 3.29. The molecule has 18 heavy (non-hydrogen) atoms. The van der Waals surface area contributed by atoms with Gasteiger partial charge in [-0.1, -0.05) is 0 Å². The van der Waals surface area contributed by atoms with Crippen LogP contribution < -0.4 is 5.32 Å². The maximum atomic E-state index is 11.1. The number of anilines is 1. The van der Waals surface area contributed by atoms with Crippen LogP contribution in [0.15, 0.2) is 18.3 Å². The molecule has 0 saturated carbocycles. The number of carbonyl (C=O) groups excluding carboxylic acids is 1. The highest BCUT2D eigenvalue weighted by Crippen LogP contribution is 2.20. The van der Waals surface area contributed by atoms with E-state index in [0.29, 0.717) is 17.5 Å². The third-order valence-corrected chi connectivity index (χ3v) is 3.45. The van der Waals surface area contributed by atoms with Crippen molar-refractivity contribution in [1.82, 2.24) is 4.98 Å². The van der Waals surface area contributed by atoms with Crippen molar-refractivity contribution in [2.75, 3.05) is 18.5 Å². The number of ether oxygens (including phenoxy) is 1.